The van der Waals surface area contributed by atoms with Crippen LogP contribution in [0.2, 0.25) is 5.15 Å². The van der Waals surface area contributed by atoms with Gasteiger partial charge in [-0.25, -0.2) is 4.98 Å². The summed E-state index contributed by atoms with van der Waals surface area (Å²) < 4.78 is 5.25. The largest absolute Gasteiger partial charge is 0.469 e. The summed E-state index contributed by atoms with van der Waals surface area (Å²) in [4.78, 5) is 18.4. The van der Waals surface area contributed by atoms with Crippen LogP contribution in [0.4, 0.5) is 0 Å². The molecule has 2 aromatic heterocycles. The van der Waals surface area contributed by atoms with Crippen molar-refractivity contribution < 1.29 is 9.21 Å². The van der Waals surface area contributed by atoms with Gasteiger partial charge < -0.3 is 9.32 Å². The van der Waals surface area contributed by atoms with Crippen molar-refractivity contribution in [3.05, 3.63) is 52.2 Å². The third kappa shape index (κ3) is 3.85. The number of furan rings is 1. The van der Waals surface area contributed by atoms with Crippen molar-refractivity contribution in [2.45, 2.75) is 33.2 Å². The lowest BCUT2D eigenvalue weighted by molar-refractivity contribution is 0.0784. The summed E-state index contributed by atoms with van der Waals surface area (Å²) in [5.74, 6) is 0.756. The summed E-state index contributed by atoms with van der Waals surface area (Å²) in [6, 6.07) is 5.30. The van der Waals surface area contributed by atoms with E-state index in [0.29, 0.717) is 17.3 Å². The van der Waals surface area contributed by atoms with Crippen molar-refractivity contribution in [3.63, 3.8) is 0 Å². The zero-order valence-electron chi connectivity index (χ0n) is 12.5. The molecule has 0 atom stereocenters. The zero-order valence-corrected chi connectivity index (χ0v) is 13.3. The highest BCUT2D eigenvalue weighted by molar-refractivity contribution is 6.29. The third-order valence-corrected chi connectivity index (χ3v) is 3.51. The van der Waals surface area contributed by atoms with E-state index in [4.69, 9.17) is 16.0 Å². The van der Waals surface area contributed by atoms with E-state index in [1.54, 1.807) is 24.3 Å². The van der Waals surface area contributed by atoms with Gasteiger partial charge >= 0.3 is 0 Å². The molecule has 0 saturated heterocycles. The van der Waals surface area contributed by atoms with Gasteiger partial charge in [-0.1, -0.05) is 24.9 Å². The summed E-state index contributed by atoms with van der Waals surface area (Å²) in [7, 11) is 1.77. The number of pyridine rings is 1. The molecule has 112 valence electrons. The van der Waals surface area contributed by atoms with Crippen LogP contribution in [0.1, 0.15) is 40.7 Å². The van der Waals surface area contributed by atoms with Gasteiger partial charge in [0.1, 0.15) is 10.9 Å². The van der Waals surface area contributed by atoms with E-state index in [9.17, 15) is 4.79 Å². The van der Waals surface area contributed by atoms with Crippen molar-refractivity contribution >= 4 is 17.5 Å². The highest BCUT2D eigenvalue weighted by Crippen LogP contribution is 2.16. The number of carbonyl (C=O) groups excluding carboxylic acids is 1. The predicted octanol–water partition coefficient (Wildman–Crippen LogP) is 3.86. The first-order valence-electron chi connectivity index (χ1n) is 6.96. The van der Waals surface area contributed by atoms with E-state index in [-0.39, 0.29) is 5.91 Å². The van der Waals surface area contributed by atoms with Gasteiger partial charge in [0.05, 0.1) is 6.26 Å². The van der Waals surface area contributed by atoms with Crippen LogP contribution in [0.5, 0.6) is 0 Å². The average molecular weight is 307 g/mol. The van der Waals surface area contributed by atoms with Gasteiger partial charge in [0.2, 0.25) is 0 Å². The molecule has 0 N–H and O–H groups in total. The van der Waals surface area contributed by atoms with Crippen molar-refractivity contribution in [2.24, 2.45) is 0 Å². The van der Waals surface area contributed by atoms with Crippen molar-refractivity contribution in [2.75, 3.05) is 7.05 Å². The number of carbonyl (C=O) groups is 1. The number of rotatable bonds is 5. The first-order valence-corrected chi connectivity index (χ1v) is 7.34. The van der Waals surface area contributed by atoms with E-state index in [2.05, 4.69) is 11.9 Å². The minimum Gasteiger partial charge on any atom is -0.469 e. The molecule has 0 aromatic carbocycles. The van der Waals surface area contributed by atoms with Gasteiger partial charge in [-0.3, -0.25) is 4.79 Å². The normalized spacial score (nSPS) is 10.7. The summed E-state index contributed by atoms with van der Waals surface area (Å²) in [5.41, 5.74) is 2.42. The second-order valence-corrected chi connectivity index (χ2v) is 5.47. The number of aromatic nitrogens is 1. The van der Waals surface area contributed by atoms with Crippen LogP contribution in [0, 0.1) is 6.92 Å². The molecule has 0 aliphatic carbocycles. The van der Waals surface area contributed by atoms with Gasteiger partial charge in [0.15, 0.2) is 0 Å². The topological polar surface area (TPSA) is 46.3 Å². The van der Waals surface area contributed by atoms with E-state index in [0.717, 1.165) is 29.9 Å². The Labute approximate surface area is 129 Å². The maximum atomic E-state index is 12.5. The second kappa shape index (κ2) is 6.76. The maximum absolute atomic E-state index is 12.5. The molecule has 5 heteroatoms. The number of amides is 1. The summed E-state index contributed by atoms with van der Waals surface area (Å²) >= 11 is 6.01. The molecule has 0 aliphatic rings. The van der Waals surface area contributed by atoms with Crippen LogP contribution in [-0.2, 0) is 13.0 Å². The maximum Gasteiger partial charge on any atom is 0.254 e. The molecule has 0 bridgehead atoms. The van der Waals surface area contributed by atoms with Crippen molar-refractivity contribution in [1.29, 1.82) is 0 Å². The number of hydrogen-bond acceptors (Lipinski definition) is 3. The van der Waals surface area contributed by atoms with E-state index < -0.39 is 0 Å². The third-order valence-electron chi connectivity index (χ3n) is 3.32. The van der Waals surface area contributed by atoms with Gasteiger partial charge in [-0.05, 0) is 31.5 Å². The van der Waals surface area contributed by atoms with Crippen LogP contribution in [0.25, 0.3) is 0 Å². The van der Waals surface area contributed by atoms with Gasteiger partial charge in [0, 0.05) is 30.4 Å². The van der Waals surface area contributed by atoms with Crippen LogP contribution in [-0.4, -0.2) is 22.8 Å². The number of hydrogen-bond donors (Lipinski definition) is 0. The Morgan fingerprint density at radius 2 is 2.19 bits per heavy atom. The van der Waals surface area contributed by atoms with Gasteiger partial charge in [-0.2, -0.15) is 0 Å². The SMILES string of the molecule is CCCc1cc(C(=O)N(C)Cc2ccoc2C)cc(Cl)n1. The Morgan fingerprint density at radius 1 is 1.43 bits per heavy atom. The van der Waals surface area contributed by atoms with Crippen LogP contribution in [0.15, 0.2) is 28.9 Å². The van der Waals surface area contributed by atoms with E-state index >= 15 is 0 Å². The monoisotopic (exact) mass is 306 g/mol. The highest BCUT2D eigenvalue weighted by Gasteiger charge is 2.15. The fraction of sp³-hybridized carbons (Fsp3) is 0.375. The quantitative estimate of drug-likeness (QED) is 0.788. The molecule has 1 amide bonds. The highest BCUT2D eigenvalue weighted by atomic mass is 35.5. The lowest BCUT2D eigenvalue weighted by Gasteiger charge is -2.17. The molecular weight excluding hydrogens is 288 g/mol. The zero-order chi connectivity index (χ0) is 15.4. The number of halogens is 1. The molecule has 21 heavy (non-hydrogen) atoms. The van der Waals surface area contributed by atoms with Crippen molar-refractivity contribution in [1.82, 2.24) is 9.88 Å². The minimum atomic E-state index is -0.0720. The molecular formula is C16H19ClN2O2. The number of aryl methyl sites for hydroxylation is 2. The van der Waals surface area contributed by atoms with Crippen LogP contribution in [0.3, 0.4) is 0 Å². The van der Waals surface area contributed by atoms with Gasteiger partial charge in [-0.15, -0.1) is 0 Å². The molecule has 0 unspecified atom stereocenters. The first-order chi connectivity index (χ1) is 10.0. The lowest BCUT2D eigenvalue weighted by Crippen LogP contribution is -2.26. The van der Waals surface area contributed by atoms with Crippen LogP contribution < -0.4 is 0 Å². The predicted molar refractivity (Wildman–Crippen MR) is 82.5 cm³/mol. The molecule has 2 rings (SSSR count). The first kappa shape index (κ1) is 15.6. The molecule has 2 aromatic rings. The number of nitrogens with zero attached hydrogens (tertiary/aromatic N) is 2. The van der Waals surface area contributed by atoms with Crippen LogP contribution >= 0.6 is 11.6 Å². The Balaban J connectivity index is 2.17. The molecule has 2 heterocycles. The minimum absolute atomic E-state index is 0.0720. The summed E-state index contributed by atoms with van der Waals surface area (Å²) in [6.07, 6.45) is 3.40. The average Bonchev–Trinajstić information content (AvgIpc) is 2.83. The fourth-order valence-corrected chi connectivity index (χ4v) is 2.41. The molecule has 0 spiro atoms. The Kier molecular flexibility index (Phi) is 5.02. The molecule has 0 radical (unpaired) electrons. The summed E-state index contributed by atoms with van der Waals surface area (Å²) in [6.45, 7) is 4.46. The Bertz CT molecular complexity index is 637. The molecule has 0 aliphatic heterocycles. The summed E-state index contributed by atoms with van der Waals surface area (Å²) in [5, 5.41) is 0.359. The fourth-order valence-electron chi connectivity index (χ4n) is 2.18. The van der Waals surface area contributed by atoms with Gasteiger partial charge in [0.25, 0.3) is 5.91 Å². The van der Waals surface area contributed by atoms with E-state index in [1.165, 1.54) is 0 Å². The van der Waals surface area contributed by atoms with Crippen molar-refractivity contribution in [3.8, 4) is 0 Å². The second-order valence-electron chi connectivity index (χ2n) is 5.08. The van der Waals surface area contributed by atoms with E-state index in [1.807, 2.05) is 19.1 Å². The molecule has 4 nitrogen and oxygen atoms in total. The molecule has 0 saturated carbocycles. The molecule has 0 fully saturated rings. The Hall–Kier alpha value is -1.81. The smallest absolute Gasteiger partial charge is 0.254 e. The lowest BCUT2D eigenvalue weighted by atomic mass is 10.1. The standard InChI is InChI=1S/C16H19ClN2O2/c1-4-5-14-8-13(9-15(17)18-14)16(20)19(3)10-12-6-7-21-11(12)2/h6-9H,4-5,10H2,1-3H3. The Morgan fingerprint density at radius 3 is 2.81 bits per heavy atom.